The first-order chi connectivity index (χ1) is 12.6. The number of carbonyl (C=O) groups is 2. The maximum absolute atomic E-state index is 11.8. The van der Waals surface area contributed by atoms with Crippen molar-refractivity contribution < 1.29 is 19.1 Å². The summed E-state index contributed by atoms with van der Waals surface area (Å²) in [7, 11) is 0. The largest absolute Gasteiger partial charge is 0.462 e. The van der Waals surface area contributed by atoms with Gasteiger partial charge in [0.2, 0.25) is 0 Å². The van der Waals surface area contributed by atoms with Crippen LogP contribution in [0.25, 0.3) is 0 Å². The van der Waals surface area contributed by atoms with Crippen molar-refractivity contribution in [1.29, 1.82) is 0 Å². The van der Waals surface area contributed by atoms with Gasteiger partial charge in [-0.15, -0.1) is 0 Å². The molecule has 0 spiro atoms. The molecule has 0 saturated heterocycles. The van der Waals surface area contributed by atoms with E-state index in [4.69, 9.17) is 9.47 Å². The Balaban J connectivity index is 1.80. The summed E-state index contributed by atoms with van der Waals surface area (Å²) in [4.78, 5) is 23.7. The van der Waals surface area contributed by atoms with Gasteiger partial charge >= 0.3 is 11.9 Å². The van der Waals surface area contributed by atoms with E-state index in [1.165, 1.54) is 0 Å². The second kappa shape index (κ2) is 9.43. The molecule has 2 aliphatic rings. The van der Waals surface area contributed by atoms with Crippen LogP contribution in [-0.4, -0.2) is 24.1 Å². The van der Waals surface area contributed by atoms with Crippen LogP contribution in [0.2, 0.25) is 0 Å². The number of hydrogen-bond donors (Lipinski definition) is 0. The van der Waals surface area contributed by atoms with E-state index in [0.29, 0.717) is 17.3 Å². The third-order valence-electron chi connectivity index (χ3n) is 6.96. The third kappa shape index (κ3) is 5.96. The van der Waals surface area contributed by atoms with Crippen LogP contribution >= 0.6 is 0 Å². The van der Waals surface area contributed by atoms with E-state index in [9.17, 15) is 9.59 Å². The molecule has 0 aliphatic heterocycles. The third-order valence-corrected chi connectivity index (χ3v) is 6.96. The Morgan fingerprint density at radius 1 is 0.667 bits per heavy atom. The molecule has 2 saturated carbocycles. The van der Waals surface area contributed by atoms with E-state index in [-0.39, 0.29) is 36.0 Å². The first-order valence-corrected chi connectivity index (χ1v) is 11.0. The smallest absolute Gasteiger partial charge is 0.308 e. The van der Waals surface area contributed by atoms with Gasteiger partial charge in [0.1, 0.15) is 12.2 Å². The van der Waals surface area contributed by atoms with Gasteiger partial charge in [0, 0.05) is 0 Å². The fourth-order valence-electron chi connectivity index (χ4n) is 4.78. The van der Waals surface area contributed by atoms with Crippen molar-refractivity contribution in [3.05, 3.63) is 0 Å². The van der Waals surface area contributed by atoms with Gasteiger partial charge in [-0.05, 0) is 68.6 Å². The highest BCUT2D eigenvalue weighted by Gasteiger charge is 2.41. The summed E-state index contributed by atoms with van der Waals surface area (Å²) in [5, 5.41) is 0. The number of ether oxygens (including phenoxy) is 2. The molecular weight excluding hydrogens is 340 g/mol. The Hall–Kier alpha value is -1.06. The number of carbonyl (C=O) groups excluding carboxylic acids is 2. The molecule has 0 bridgehead atoms. The van der Waals surface area contributed by atoms with Crippen molar-refractivity contribution in [2.75, 3.05) is 0 Å². The lowest BCUT2D eigenvalue weighted by molar-refractivity contribution is -0.155. The lowest BCUT2D eigenvalue weighted by Gasteiger charge is -2.46. The standard InChI is InChI=1S/C23H40O4/c1-15(2)21(24)26-19-11-7-17(8-12-19)23(5,6)18-9-13-20(14-10-18)27-22(25)16(3)4/h15-20H,7-14H2,1-6H3. The van der Waals surface area contributed by atoms with Crippen LogP contribution in [0.15, 0.2) is 0 Å². The molecule has 2 aliphatic carbocycles. The van der Waals surface area contributed by atoms with Gasteiger partial charge in [0.25, 0.3) is 0 Å². The normalized spacial score (nSPS) is 29.6. The van der Waals surface area contributed by atoms with Gasteiger partial charge in [-0.2, -0.15) is 0 Å². The topological polar surface area (TPSA) is 52.6 Å². The first kappa shape index (κ1) is 22.2. The Morgan fingerprint density at radius 2 is 0.963 bits per heavy atom. The minimum atomic E-state index is -0.0630. The van der Waals surface area contributed by atoms with Crippen molar-refractivity contribution in [3.63, 3.8) is 0 Å². The molecule has 0 aromatic carbocycles. The summed E-state index contributed by atoms with van der Waals surface area (Å²) >= 11 is 0. The quantitative estimate of drug-likeness (QED) is 0.569. The molecular formula is C23H40O4. The molecule has 0 aromatic rings. The summed E-state index contributed by atoms with van der Waals surface area (Å²) < 4.78 is 11.3. The maximum atomic E-state index is 11.8. The molecule has 0 heterocycles. The Kier molecular flexibility index (Phi) is 7.76. The van der Waals surface area contributed by atoms with E-state index < -0.39 is 0 Å². The molecule has 4 nitrogen and oxygen atoms in total. The van der Waals surface area contributed by atoms with Crippen molar-refractivity contribution in [3.8, 4) is 0 Å². The SMILES string of the molecule is CC(C)C(=O)OC1CCC(C(C)(C)C2CCC(OC(=O)C(C)C)CC2)CC1. The van der Waals surface area contributed by atoms with E-state index >= 15 is 0 Å². The average Bonchev–Trinajstić information content (AvgIpc) is 2.62. The summed E-state index contributed by atoms with van der Waals surface area (Å²) in [5.41, 5.74) is 0.292. The van der Waals surface area contributed by atoms with Crippen molar-refractivity contribution in [1.82, 2.24) is 0 Å². The summed E-state index contributed by atoms with van der Waals surface area (Å²) in [6.07, 6.45) is 8.77. The number of esters is 2. The van der Waals surface area contributed by atoms with E-state index in [1.807, 2.05) is 27.7 Å². The predicted octanol–water partition coefficient (Wildman–Crippen LogP) is 5.53. The van der Waals surface area contributed by atoms with Crippen LogP contribution in [0.5, 0.6) is 0 Å². The van der Waals surface area contributed by atoms with Gasteiger partial charge in [-0.1, -0.05) is 41.5 Å². The lowest BCUT2D eigenvalue weighted by atomic mass is 9.60. The first-order valence-electron chi connectivity index (χ1n) is 11.0. The van der Waals surface area contributed by atoms with Gasteiger partial charge < -0.3 is 9.47 Å². The predicted molar refractivity (Wildman–Crippen MR) is 107 cm³/mol. The molecule has 4 heteroatoms. The van der Waals surface area contributed by atoms with Gasteiger partial charge in [0.05, 0.1) is 11.8 Å². The van der Waals surface area contributed by atoms with Crippen LogP contribution in [0.1, 0.15) is 92.9 Å². The van der Waals surface area contributed by atoms with Crippen molar-refractivity contribution >= 4 is 11.9 Å². The molecule has 0 amide bonds. The molecule has 0 aromatic heterocycles. The van der Waals surface area contributed by atoms with E-state index in [1.54, 1.807) is 0 Å². The molecule has 2 fully saturated rings. The Morgan fingerprint density at radius 3 is 1.22 bits per heavy atom. The minimum absolute atomic E-state index is 0.0425. The summed E-state index contributed by atoms with van der Waals surface area (Å²) in [5.74, 6) is 1.16. The van der Waals surface area contributed by atoms with Crippen molar-refractivity contribution in [2.45, 2.75) is 105 Å². The van der Waals surface area contributed by atoms with Gasteiger partial charge in [-0.3, -0.25) is 9.59 Å². The molecule has 0 radical (unpaired) electrons. The lowest BCUT2D eigenvalue weighted by Crippen LogP contribution is -2.39. The zero-order chi connectivity index (χ0) is 20.2. The highest BCUT2D eigenvalue weighted by atomic mass is 16.5. The van der Waals surface area contributed by atoms with E-state index in [0.717, 1.165) is 51.4 Å². The minimum Gasteiger partial charge on any atom is -0.462 e. The second-order valence-electron chi connectivity index (χ2n) is 9.95. The van der Waals surface area contributed by atoms with Crippen molar-refractivity contribution in [2.24, 2.45) is 29.1 Å². The number of hydrogen-bond acceptors (Lipinski definition) is 4. The molecule has 156 valence electrons. The zero-order valence-electron chi connectivity index (χ0n) is 18.3. The van der Waals surface area contributed by atoms with Crippen LogP contribution in [0.4, 0.5) is 0 Å². The summed E-state index contributed by atoms with van der Waals surface area (Å²) in [6.45, 7) is 12.4. The molecule has 0 atom stereocenters. The maximum Gasteiger partial charge on any atom is 0.308 e. The van der Waals surface area contributed by atoms with E-state index in [2.05, 4.69) is 13.8 Å². The van der Waals surface area contributed by atoms with Gasteiger partial charge in [0.15, 0.2) is 0 Å². The van der Waals surface area contributed by atoms with Crippen LogP contribution in [-0.2, 0) is 19.1 Å². The fourth-order valence-corrected chi connectivity index (χ4v) is 4.78. The molecule has 0 N–H and O–H groups in total. The Bertz CT molecular complexity index is 449. The number of rotatable bonds is 6. The highest BCUT2D eigenvalue weighted by Crippen LogP contribution is 2.49. The van der Waals surface area contributed by atoms with Gasteiger partial charge in [-0.25, -0.2) is 0 Å². The van der Waals surface area contributed by atoms with Crippen LogP contribution in [0.3, 0.4) is 0 Å². The monoisotopic (exact) mass is 380 g/mol. The molecule has 27 heavy (non-hydrogen) atoms. The highest BCUT2D eigenvalue weighted by molar-refractivity contribution is 5.72. The second-order valence-corrected chi connectivity index (χ2v) is 9.95. The zero-order valence-corrected chi connectivity index (χ0v) is 18.3. The van der Waals surface area contributed by atoms with Crippen LogP contribution < -0.4 is 0 Å². The average molecular weight is 381 g/mol. The van der Waals surface area contributed by atoms with Crippen LogP contribution in [0, 0.1) is 29.1 Å². The molecule has 2 rings (SSSR count). The fraction of sp³-hybridized carbons (Fsp3) is 0.913. The summed E-state index contributed by atoms with van der Waals surface area (Å²) in [6, 6.07) is 0. The molecule has 0 unspecified atom stereocenters. The Labute approximate surface area is 165 Å².